The molecule has 2 atom stereocenters. The van der Waals surface area contributed by atoms with Gasteiger partial charge < -0.3 is 5.11 Å². The van der Waals surface area contributed by atoms with Crippen LogP contribution in [-0.4, -0.2) is 45.9 Å². The molecule has 1 aliphatic heterocycles. The van der Waals surface area contributed by atoms with Crippen LogP contribution >= 0.6 is 0 Å². The first-order chi connectivity index (χ1) is 10.9. The number of β-amino-alcohol motifs (C(OH)–C–C–N with tert-alkyl or cyclic N) is 1. The van der Waals surface area contributed by atoms with Gasteiger partial charge in [0.05, 0.1) is 11.8 Å². The Morgan fingerprint density at radius 3 is 2.78 bits per heavy atom. The maximum atomic E-state index is 10.3. The van der Waals surface area contributed by atoms with Crippen LogP contribution in [0.3, 0.4) is 0 Å². The van der Waals surface area contributed by atoms with Crippen molar-refractivity contribution in [2.45, 2.75) is 53.1 Å². The molecular weight excluding hydrogens is 286 g/mol. The lowest BCUT2D eigenvalue weighted by Gasteiger charge is -2.13. The van der Waals surface area contributed by atoms with E-state index in [2.05, 4.69) is 54.1 Å². The number of nitrogens with one attached hydrogen (secondary N) is 1. The molecule has 2 heterocycles. The van der Waals surface area contributed by atoms with Gasteiger partial charge in [-0.25, -0.2) is 0 Å². The standard InChI is InChI=1S/C19H31N3O/c1-14(2)6-5-7-15(3)8-9-22-12-17(19(23)13-22)11-18-10-16(4)20-21-18/h6,8,10,17,19,23H,5,7,9,11-13H2,1-4H3,(H,20,21)/b15-8+/t17-,19+/m1/s1. The van der Waals surface area contributed by atoms with Crippen molar-refractivity contribution < 1.29 is 5.11 Å². The van der Waals surface area contributed by atoms with Crippen molar-refractivity contribution in [3.8, 4) is 0 Å². The molecule has 0 amide bonds. The first kappa shape index (κ1) is 18.0. The van der Waals surface area contributed by atoms with Gasteiger partial charge >= 0.3 is 0 Å². The number of aryl methyl sites for hydroxylation is 1. The van der Waals surface area contributed by atoms with Crippen molar-refractivity contribution in [1.82, 2.24) is 15.1 Å². The van der Waals surface area contributed by atoms with E-state index in [-0.39, 0.29) is 12.0 Å². The predicted octanol–water partition coefficient (Wildman–Crippen LogP) is 3.25. The Labute approximate surface area is 140 Å². The maximum absolute atomic E-state index is 10.3. The number of aliphatic hydroxyl groups excluding tert-OH is 1. The van der Waals surface area contributed by atoms with Gasteiger partial charge in [0.1, 0.15) is 0 Å². The van der Waals surface area contributed by atoms with E-state index in [0.29, 0.717) is 0 Å². The topological polar surface area (TPSA) is 52.2 Å². The Morgan fingerprint density at radius 2 is 2.13 bits per heavy atom. The molecule has 4 nitrogen and oxygen atoms in total. The van der Waals surface area contributed by atoms with Gasteiger partial charge in [-0.1, -0.05) is 23.3 Å². The van der Waals surface area contributed by atoms with Gasteiger partial charge in [0.25, 0.3) is 0 Å². The van der Waals surface area contributed by atoms with Crippen LogP contribution < -0.4 is 0 Å². The summed E-state index contributed by atoms with van der Waals surface area (Å²) in [5, 5.41) is 17.6. The lowest BCUT2D eigenvalue weighted by molar-refractivity contribution is 0.142. The predicted molar refractivity (Wildman–Crippen MR) is 95.4 cm³/mol. The minimum absolute atomic E-state index is 0.244. The lowest BCUT2D eigenvalue weighted by atomic mass is 10.0. The van der Waals surface area contributed by atoms with Crippen LogP contribution in [0.4, 0.5) is 0 Å². The molecular formula is C19H31N3O. The summed E-state index contributed by atoms with van der Waals surface area (Å²) in [6.07, 6.45) is 7.45. The third kappa shape index (κ3) is 5.96. The van der Waals surface area contributed by atoms with Crippen molar-refractivity contribution in [3.05, 3.63) is 40.8 Å². The quantitative estimate of drug-likeness (QED) is 0.759. The molecule has 2 rings (SSSR count). The van der Waals surface area contributed by atoms with Crippen LogP contribution in [0.2, 0.25) is 0 Å². The summed E-state index contributed by atoms with van der Waals surface area (Å²) in [4.78, 5) is 2.35. The smallest absolute Gasteiger partial charge is 0.0711 e. The molecule has 128 valence electrons. The molecule has 1 aromatic heterocycles. The molecule has 1 fully saturated rings. The number of likely N-dealkylation sites (tertiary alicyclic amines) is 1. The van der Waals surface area contributed by atoms with Crippen LogP contribution in [0.1, 0.15) is 45.0 Å². The number of aromatic nitrogens is 2. The first-order valence-electron chi connectivity index (χ1n) is 8.64. The third-order valence-electron chi connectivity index (χ3n) is 4.50. The minimum Gasteiger partial charge on any atom is -0.391 e. The van der Waals surface area contributed by atoms with E-state index in [1.54, 1.807) is 0 Å². The second kappa shape index (κ2) is 8.46. The number of aliphatic hydroxyl groups is 1. The highest BCUT2D eigenvalue weighted by molar-refractivity contribution is 5.09. The van der Waals surface area contributed by atoms with Crippen molar-refractivity contribution in [2.24, 2.45) is 5.92 Å². The van der Waals surface area contributed by atoms with Crippen molar-refractivity contribution in [3.63, 3.8) is 0 Å². The first-order valence-corrected chi connectivity index (χ1v) is 8.64. The van der Waals surface area contributed by atoms with Crippen LogP contribution in [0.5, 0.6) is 0 Å². The molecule has 0 saturated carbocycles. The summed E-state index contributed by atoms with van der Waals surface area (Å²) < 4.78 is 0. The van der Waals surface area contributed by atoms with Crippen LogP contribution in [0, 0.1) is 12.8 Å². The molecule has 1 aromatic rings. The van der Waals surface area contributed by atoms with Gasteiger partial charge in [0.15, 0.2) is 0 Å². The Balaban J connectivity index is 1.78. The van der Waals surface area contributed by atoms with Crippen molar-refractivity contribution >= 4 is 0 Å². The van der Waals surface area contributed by atoms with Crippen LogP contribution in [0.15, 0.2) is 29.4 Å². The van der Waals surface area contributed by atoms with E-state index in [9.17, 15) is 5.11 Å². The fourth-order valence-electron chi connectivity index (χ4n) is 3.11. The zero-order chi connectivity index (χ0) is 16.8. The largest absolute Gasteiger partial charge is 0.391 e. The monoisotopic (exact) mass is 317 g/mol. The van der Waals surface area contributed by atoms with Gasteiger partial charge in [-0.3, -0.25) is 10.00 Å². The zero-order valence-corrected chi connectivity index (χ0v) is 15.0. The Kier molecular flexibility index (Phi) is 6.60. The van der Waals surface area contributed by atoms with Gasteiger partial charge in [-0.05, 0) is 53.0 Å². The average Bonchev–Trinajstić information content (AvgIpc) is 3.03. The van der Waals surface area contributed by atoms with E-state index >= 15 is 0 Å². The molecule has 0 bridgehead atoms. The molecule has 0 spiro atoms. The number of allylic oxidation sites excluding steroid dienone is 3. The average molecular weight is 317 g/mol. The molecule has 4 heteroatoms. The molecule has 23 heavy (non-hydrogen) atoms. The van der Waals surface area contributed by atoms with E-state index in [1.165, 1.54) is 11.1 Å². The number of aromatic amines is 1. The zero-order valence-electron chi connectivity index (χ0n) is 15.0. The van der Waals surface area contributed by atoms with Crippen LogP contribution in [-0.2, 0) is 6.42 Å². The van der Waals surface area contributed by atoms with Gasteiger partial charge in [-0.2, -0.15) is 5.10 Å². The molecule has 1 saturated heterocycles. The highest BCUT2D eigenvalue weighted by Crippen LogP contribution is 2.21. The Hall–Kier alpha value is -1.39. The number of rotatable bonds is 7. The van der Waals surface area contributed by atoms with Crippen LogP contribution in [0.25, 0.3) is 0 Å². The minimum atomic E-state index is -0.244. The highest BCUT2D eigenvalue weighted by atomic mass is 16.3. The van der Waals surface area contributed by atoms with Crippen molar-refractivity contribution in [2.75, 3.05) is 19.6 Å². The maximum Gasteiger partial charge on any atom is 0.0711 e. The fourth-order valence-corrected chi connectivity index (χ4v) is 3.11. The van der Waals surface area contributed by atoms with Crippen molar-refractivity contribution in [1.29, 1.82) is 0 Å². The number of nitrogens with zero attached hydrogens (tertiary/aromatic N) is 2. The highest BCUT2D eigenvalue weighted by Gasteiger charge is 2.31. The summed E-state index contributed by atoms with van der Waals surface area (Å²) in [5.41, 5.74) is 4.96. The number of hydrogen-bond acceptors (Lipinski definition) is 3. The molecule has 0 aromatic carbocycles. The number of H-pyrrole nitrogens is 1. The molecule has 0 aliphatic carbocycles. The van der Waals surface area contributed by atoms with E-state index in [0.717, 1.165) is 50.3 Å². The molecule has 0 radical (unpaired) electrons. The fraction of sp³-hybridized carbons (Fsp3) is 0.632. The molecule has 0 unspecified atom stereocenters. The normalized spacial score (nSPS) is 22.6. The SMILES string of the molecule is CC(C)=CCC/C(C)=C/CN1C[C@@H](Cc2cc(C)[nH]n2)[C@@H](O)C1. The van der Waals surface area contributed by atoms with Gasteiger partial charge in [-0.15, -0.1) is 0 Å². The summed E-state index contributed by atoms with van der Waals surface area (Å²) in [5.74, 6) is 0.289. The summed E-state index contributed by atoms with van der Waals surface area (Å²) in [7, 11) is 0. The summed E-state index contributed by atoms with van der Waals surface area (Å²) in [6.45, 7) is 11.2. The third-order valence-corrected chi connectivity index (χ3v) is 4.50. The van der Waals surface area contributed by atoms with Gasteiger partial charge in [0.2, 0.25) is 0 Å². The summed E-state index contributed by atoms with van der Waals surface area (Å²) in [6, 6.07) is 2.07. The van der Waals surface area contributed by atoms with E-state index in [1.807, 2.05) is 6.92 Å². The van der Waals surface area contributed by atoms with E-state index < -0.39 is 0 Å². The number of hydrogen-bond donors (Lipinski definition) is 2. The lowest BCUT2D eigenvalue weighted by Crippen LogP contribution is -2.22. The molecule has 1 aliphatic rings. The Morgan fingerprint density at radius 1 is 1.35 bits per heavy atom. The Bertz CT molecular complexity index is 555. The second-order valence-electron chi connectivity index (χ2n) is 7.16. The van der Waals surface area contributed by atoms with Gasteiger partial charge in [0, 0.05) is 31.2 Å². The second-order valence-corrected chi connectivity index (χ2v) is 7.16. The summed E-state index contributed by atoms with van der Waals surface area (Å²) >= 11 is 0. The molecule has 2 N–H and O–H groups in total. The van der Waals surface area contributed by atoms with E-state index in [4.69, 9.17) is 0 Å².